The Morgan fingerprint density at radius 2 is 2.15 bits per heavy atom. The standard InChI is InChI=1S/C23H29N9O/c1-15-29-30-31-32(15)19-6-4-5-16(11-19)9-10-25-22-26-14-17(13-24)21(28-22)27-18-7-8-20(33)23(2,3)12-18/h4-6,11,14,18,20,33H,7-10,12H2,1-3H3,(H2,25,26,27,28)/t18?,20-/m0/s1. The van der Waals surface area contributed by atoms with E-state index in [0.717, 1.165) is 42.8 Å². The molecule has 0 spiro atoms. The van der Waals surface area contributed by atoms with Crippen molar-refractivity contribution in [2.75, 3.05) is 17.2 Å². The van der Waals surface area contributed by atoms with Gasteiger partial charge in [0, 0.05) is 12.6 Å². The van der Waals surface area contributed by atoms with Crippen molar-refractivity contribution in [1.82, 2.24) is 30.2 Å². The number of benzene rings is 1. The van der Waals surface area contributed by atoms with E-state index in [9.17, 15) is 10.4 Å². The summed E-state index contributed by atoms with van der Waals surface area (Å²) in [5.74, 6) is 1.73. The highest BCUT2D eigenvalue weighted by molar-refractivity contribution is 5.54. The first kappa shape index (κ1) is 22.6. The first-order chi connectivity index (χ1) is 15.9. The summed E-state index contributed by atoms with van der Waals surface area (Å²) in [5, 5.41) is 38.0. The highest BCUT2D eigenvalue weighted by Gasteiger charge is 2.35. The Balaban J connectivity index is 1.39. The zero-order valence-electron chi connectivity index (χ0n) is 19.2. The number of aromatic nitrogens is 6. The molecule has 2 atom stereocenters. The van der Waals surface area contributed by atoms with Gasteiger partial charge in [-0.3, -0.25) is 0 Å². The first-order valence-corrected chi connectivity index (χ1v) is 11.2. The van der Waals surface area contributed by atoms with Gasteiger partial charge in [-0.15, -0.1) is 5.10 Å². The Bertz CT molecular complexity index is 1150. The third-order valence-electron chi connectivity index (χ3n) is 6.19. The van der Waals surface area contributed by atoms with Crippen molar-refractivity contribution in [2.45, 2.75) is 58.6 Å². The van der Waals surface area contributed by atoms with Gasteiger partial charge in [-0.2, -0.15) is 14.9 Å². The predicted octanol–water partition coefficient (Wildman–Crippen LogP) is 2.64. The number of aliphatic hydroxyl groups is 1. The molecule has 0 amide bonds. The summed E-state index contributed by atoms with van der Waals surface area (Å²) in [4.78, 5) is 8.85. The van der Waals surface area contributed by atoms with E-state index in [4.69, 9.17) is 0 Å². The van der Waals surface area contributed by atoms with E-state index in [0.29, 0.717) is 23.9 Å². The first-order valence-electron chi connectivity index (χ1n) is 11.2. The van der Waals surface area contributed by atoms with Gasteiger partial charge in [-0.05, 0) is 66.1 Å². The van der Waals surface area contributed by atoms with Crippen LogP contribution in [-0.2, 0) is 6.42 Å². The normalized spacial score (nSPS) is 19.6. The van der Waals surface area contributed by atoms with Crippen molar-refractivity contribution in [3.8, 4) is 11.8 Å². The number of tetrazole rings is 1. The van der Waals surface area contributed by atoms with Crippen LogP contribution < -0.4 is 10.6 Å². The van der Waals surface area contributed by atoms with Crippen molar-refractivity contribution in [3.63, 3.8) is 0 Å². The number of aliphatic hydroxyl groups excluding tert-OH is 1. The number of nitriles is 1. The maximum Gasteiger partial charge on any atom is 0.224 e. The lowest BCUT2D eigenvalue weighted by atomic mass is 9.73. The Kier molecular flexibility index (Phi) is 6.51. The predicted molar refractivity (Wildman–Crippen MR) is 124 cm³/mol. The van der Waals surface area contributed by atoms with Crippen LogP contribution in [0.15, 0.2) is 30.5 Å². The van der Waals surface area contributed by atoms with Gasteiger partial charge in [0.15, 0.2) is 5.82 Å². The van der Waals surface area contributed by atoms with Crippen LogP contribution in [0.1, 0.15) is 50.1 Å². The third-order valence-corrected chi connectivity index (χ3v) is 6.19. The molecule has 10 heteroatoms. The molecule has 3 aromatic rings. The van der Waals surface area contributed by atoms with E-state index < -0.39 is 0 Å². The quantitative estimate of drug-likeness (QED) is 0.499. The summed E-state index contributed by atoms with van der Waals surface area (Å²) in [6.07, 6.45) is 4.36. The summed E-state index contributed by atoms with van der Waals surface area (Å²) >= 11 is 0. The summed E-state index contributed by atoms with van der Waals surface area (Å²) in [5.41, 5.74) is 2.28. The van der Waals surface area contributed by atoms with Crippen molar-refractivity contribution in [3.05, 3.63) is 47.4 Å². The molecular weight excluding hydrogens is 418 g/mol. The van der Waals surface area contributed by atoms with Crippen LogP contribution in [0, 0.1) is 23.7 Å². The van der Waals surface area contributed by atoms with Crippen LogP contribution in [0.5, 0.6) is 0 Å². The number of hydrogen-bond donors (Lipinski definition) is 3. The lowest BCUT2D eigenvalue weighted by Gasteiger charge is -2.40. The van der Waals surface area contributed by atoms with Crippen LogP contribution in [-0.4, -0.2) is 54.0 Å². The zero-order valence-corrected chi connectivity index (χ0v) is 19.2. The second kappa shape index (κ2) is 9.50. The van der Waals surface area contributed by atoms with Gasteiger partial charge in [-0.25, -0.2) is 4.98 Å². The van der Waals surface area contributed by atoms with Crippen molar-refractivity contribution >= 4 is 11.8 Å². The topological polar surface area (TPSA) is 137 Å². The lowest BCUT2D eigenvalue weighted by Crippen LogP contribution is -2.41. The van der Waals surface area contributed by atoms with E-state index in [-0.39, 0.29) is 17.6 Å². The number of aryl methyl sites for hydroxylation is 1. The molecule has 33 heavy (non-hydrogen) atoms. The summed E-state index contributed by atoms with van der Waals surface area (Å²) < 4.78 is 1.70. The van der Waals surface area contributed by atoms with Crippen LogP contribution in [0.25, 0.3) is 5.69 Å². The average molecular weight is 448 g/mol. The van der Waals surface area contributed by atoms with Crippen LogP contribution in [0.2, 0.25) is 0 Å². The third kappa shape index (κ3) is 5.26. The van der Waals surface area contributed by atoms with Crippen molar-refractivity contribution < 1.29 is 5.11 Å². The molecule has 0 radical (unpaired) electrons. The van der Waals surface area contributed by atoms with Crippen molar-refractivity contribution in [2.24, 2.45) is 5.41 Å². The van der Waals surface area contributed by atoms with Gasteiger partial charge in [-0.1, -0.05) is 26.0 Å². The van der Waals surface area contributed by atoms with E-state index >= 15 is 0 Å². The number of nitrogens with zero attached hydrogens (tertiary/aromatic N) is 7. The number of hydrogen-bond acceptors (Lipinski definition) is 9. The number of nitrogens with one attached hydrogen (secondary N) is 2. The molecule has 10 nitrogen and oxygen atoms in total. The number of rotatable bonds is 7. The van der Waals surface area contributed by atoms with Gasteiger partial charge in [0.2, 0.25) is 5.95 Å². The molecular formula is C23H29N9O. The SMILES string of the molecule is Cc1nnnn1-c1cccc(CCNc2ncc(C#N)c(NC3CC[C@H](O)C(C)(C)C3)n2)c1. The highest BCUT2D eigenvalue weighted by Crippen LogP contribution is 2.36. The minimum absolute atomic E-state index is 0.149. The molecule has 0 bridgehead atoms. The smallest absolute Gasteiger partial charge is 0.224 e. The molecule has 172 valence electrons. The summed E-state index contributed by atoms with van der Waals surface area (Å²) in [6.45, 7) is 6.63. The molecule has 2 aromatic heterocycles. The molecule has 1 unspecified atom stereocenters. The molecule has 1 fully saturated rings. The van der Waals surface area contributed by atoms with Gasteiger partial charge >= 0.3 is 0 Å². The minimum Gasteiger partial charge on any atom is -0.393 e. The minimum atomic E-state index is -0.308. The van der Waals surface area contributed by atoms with Gasteiger partial charge < -0.3 is 15.7 Å². The average Bonchev–Trinajstić information content (AvgIpc) is 3.22. The zero-order chi connectivity index (χ0) is 23.4. The van der Waals surface area contributed by atoms with Crippen molar-refractivity contribution in [1.29, 1.82) is 5.26 Å². The Labute approximate surface area is 193 Å². The van der Waals surface area contributed by atoms with Gasteiger partial charge in [0.25, 0.3) is 0 Å². The second-order valence-corrected chi connectivity index (χ2v) is 9.18. The van der Waals surface area contributed by atoms with Crippen LogP contribution in [0.3, 0.4) is 0 Å². The lowest BCUT2D eigenvalue weighted by molar-refractivity contribution is 0.00926. The van der Waals surface area contributed by atoms with Gasteiger partial charge in [0.1, 0.15) is 17.5 Å². The fraction of sp³-hybridized carbons (Fsp3) is 0.478. The molecule has 0 saturated heterocycles. The van der Waals surface area contributed by atoms with Gasteiger partial charge in [0.05, 0.1) is 18.0 Å². The van der Waals surface area contributed by atoms with Crippen LogP contribution >= 0.6 is 0 Å². The maximum absolute atomic E-state index is 10.2. The maximum atomic E-state index is 10.2. The van der Waals surface area contributed by atoms with E-state index in [2.05, 4.69) is 68.2 Å². The number of anilines is 2. The second-order valence-electron chi connectivity index (χ2n) is 9.18. The molecule has 2 heterocycles. The Morgan fingerprint density at radius 1 is 1.30 bits per heavy atom. The monoisotopic (exact) mass is 447 g/mol. The molecule has 0 aliphatic heterocycles. The molecule has 1 aliphatic carbocycles. The summed E-state index contributed by atoms with van der Waals surface area (Å²) in [7, 11) is 0. The van der Waals surface area contributed by atoms with Crippen LogP contribution in [0.4, 0.5) is 11.8 Å². The summed E-state index contributed by atoms with van der Waals surface area (Å²) in [6, 6.07) is 10.4. The largest absolute Gasteiger partial charge is 0.393 e. The van der Waals surface area contributed by atoms with E-state index in [1.54, 1.807) is 10.9 Å². The fourth-order valence-electron chi connectivity index (χ4n) is 4.23. The molecule has 1 saturated carbocycles. The van der Waals surface area contributed by atoms with E-state index in [1.165, 1.54) is 0 Å². The molecule has 3 N–H and O–H groups in total. The molecule has 4 rings (SSSR count). The Hall–Kier alpha value is -3.58. The highest BCUT2D eigenvalue weighted by atomic mass is 16.3. The van der Waals surface area contributed by atoms with E-state index in [1.807, 2.05) is 19.1 Å². The fourth-order valence-corrected chi connectivity index (χ4v) is 4.23. The molecule has 1 aromatic carbocycles. The molecule has 1 aliphatic rings. The Morgan fingerprint density at radius 3 is 2.88 bits per heavy atom.